The first-order valence-corrected chi connectivity index (χ1v) is 9.93. The quantitative estimate of drug-likeness (QED) is 0.712. The van der Waals surface area contributed by atoms with E-state index >= 15 is 0 Å². The van der Waals surface area contributed by atoms with E-state index in [1.54, 1.807) is 7.11 Å². The number of nitrogens with one attached hydrogen (secondary N) is 1. The second-order valence-electron chi connectivity index (χ2n) is 7.44. The number of nitrogens with zero attached hydrogens (tertiary/aromatic N) is 4. The van der Waals surface area contributed by atoms with E-state index < -0.39 is 0 Å². The molecule has 0 spiro atoms. The summed E-state index contributed by atoms with van der Waals surface area (Å²) in [6.07, 6.45) is 4.12. The highest BCUT2D eigenvalue weighted by molar-refractivity contribution is 5.92. The number of likely N-dealkylation sites (tertiary alicyclic amines) is 1. The van der Waals surface area contributed by atoms with Crippen LogP contribution in [-0.4, -0.2) is 56.9 Å². The molecule has 28 heavy (non-hydrogen) atoms. The van der Waals surface area contributed by atoms with Crippen LogP contribution in [0.2, 0.25) is 0 Å². The highest BCUT2D eigenvalue weighted by Crippen LogP contribution is 2.22. The van der Waals surface area contributed by atoms with Gasteiger partial charge in [0.1, 0.15) is 11.5 Å². The molecule has 4 rings (SSSR count). The fraction of sp³-hybridized carbons (Fsp3) is 0.476. The molecule has 0 unspecified atom stereocenters. The van der Waals surface area contributed by atoms with Crippen LogP contribution in [0, 0.1) is 6.92 Å². The van der Waals surface area contributed by atoms with Crippen LogP contribution in [-0.2, 0) is 11.3 Å². The standard InChI is InChI=1S/C21H27N5O2/c1-15-22-18-8-3-4-9-20(18)26(15)14-16-13-19(24-23-16)21(27)25-11-6-5-7-17(25)10-12-28-2/h3-4,8-9,13,17H,5-7,10-12,14H2,1-2H3,(H,23,24)/t17-/m1/s1. The van der Waals surface area contributed by atoms with Gasteiger partial charge in [0.25, 0.3) is 5.91 Å². The zero-order valence-corrected chi connectivity index (χ0v) is 16.5. The normalized spacial score (nSPS) is 17.4. The van der Waals surface area contributed by atoms with Gasteiger partial charge in [-0.05, 0) is 50.8 Å². The van der Waals surface area contributed by atoms with Crippen molar-refractivity contribution in [3.8, 4) is 0 Å². The van der Waals surface area contributed by atoms with Crippen LogP contribution >= 0.6 is 0 Å². The third-order valence-corrected chi connectivity index (χ3v) is 5.57. The fourth-order valence-corrected chi connectivity index (χ4v) is 4.09. The molecule has 0 aliphatic carbocycles. The molecular weight excluding hydrogens is 354 g/mol. The highest BCUT2D eigenvalue weighted by Gasteiger charge is 2.28. The number of imidazole rings is 1. The Labute approximate surface area is 164 Å². The molecule has 1 aliphatic rings. The average Bonchev–Trinajstić information content (AvgIpc) is 3.31. The monoisotopic (exact) mass is 381 g/mol. The molecule has 3 aromatic rings. The third-order valence-electron chi connectivity index (χ3n) is 5.57. The number of carbonyl (C=O) groups excluding carboxylic acids is 1. The number of aryl methyl sites for hydroxylation is 1. The number of rotatable bonds is 6. The zero-order chi connectivity index (χ0) is 19.5. The first kappa shape index (κ1) is 18.7. The molecule has 7 heteroatoms. The summed E-state index contributed by atoms with van der Waals surface area (Å²) in [5.41, 5.74) is 3.45. The molecule has 3 heterocycles. The first-order chi connectivity index (χ1) is 13.7. The molecule has 0 saturated carbocycles. The van der Waals surface area contributed by atoms with Crippen LogP contribution in [0.15, 0.2) is 30.3 Å². The molecule has 7 nitrogen and oxygen atoms in total. The van der Waals surface area contributed by atoms with Crippen LogP contribution < -0.4 is 0 Å². The summed E-state index contributed by atoms with van der Waals surface area (Å²) in [6, 6.07) is 10.2. The Morgan fingerprint density at radius 2 is 2.18 bits per heavy atom. The molecule has 0 bridgehead atoms. The fourth-order valence-electron chi connectivity index (χ4n) is 4.09. The van der Waals surface area contributed by atoms with Crippen LogP contribution in [0.25, 0.3) is 11.0 Å². The van der Waals surface area contributed by atoms with E-state index in [2.05, 4.69) is 25.8 Å². The van der Waals surface area contributed by atoms with Crippen LogP contribution in [0.5, 0.6) is 0 Å². The van der Waals surface area contributed by atoms with Crippen molar-refractivity contribution >= 4 is 16.9 Å². The lowest BCUT2D eigenvalue weighted by atomic mass is 9.99. The highest BCUT2D eigenvalue weighted by atomic mass is 16.5. The molecule has 1 fully saturated rings. The van der Waals surface area contributed by atoms with Gasteiger partial charge < -0.3 is 14.2 Å². The molecule has 1 aliphatic heterocycles. The number of hydrogen-bond donors (Lipinski definition) is 1. The summed E-state index contributed by atoms with van der Waals surface area (Å²) in [5, 5.41) is 7.36. The number of H-pyrrole nitrogens is 1. The smallest absolute Gasteiger partial charge is 0.274 e. The van der Waals surface area contributed by atoms with E-state index in [0.717, 1.165) is 54.8 Å². The Hall–Kier alpha value is -2.67. The Morgan fingerprint density at radius 1 is 1.32 bits per heavy atom. The molecular formula is C21H27N5O2. The summed E-state index contributed by atoms with van der Waals surface area (Å²) < 4.78 is 7.36. The molecule has 0 radical (unpaired) electrons. The summed E-state index contributed by atoms with van der Waals surface area (Å²) in [4.78, 5) is 19.6. The van der Waals surface area contributed by atoms with Gasteiger partial charge in [-0.15, -0.1) is 0 Å². The van der Waals surface area contributed by atoms with Gasteiger partial charge in [-0.25, -0.2) is 4.98 Å². The average molecular weight is 381 g/mol. The van der Waals surface area contributed by atoms with Crippen LogP contribution in [0.4, 0.5) is 0 Å². The zero-order valence-electron chi connectivity index (χ0n) is 16.5. The molecule has 1 amide bonds. The minimum absolute atomic E-state index is 0.00974. The van der Waals surface area contributed by atoms with Crippen molar-refractivity contribution in [2.45, 2.75) is 45.2 Å². The van der Waals surface area contributed by atoms with Crippen LogP contribution in [0.3, 0.4) is 0 Å². The lowest BCUT2D eigenvalue weighted by Gasteiger charge is -2.35. The number of carbonyl (C=O) groups is 1. The van der Waals surface area contributed by atoms with E-state index in [9.17, 15) is 4.79 Å². The molecule has 148 valence electrons. The van der Waals surface area contributed by atoms with Crippen molar-refractivity contribution in [2.24, 2.45) is 0 Å². The van der Waals surface area contributed by atoms with Gasteiger partial charge in [0.15, 0.2) is 0 Å². The predicted octanol–water partition coefficient (Wildman–Crippen LogP) is 3.15. The van der Waals surface area contributed by atoms with Gasteiger partial charge in [0, 0.05) is 26.3 Å². The topological polar surface area (TPSA) is 76.0 Å². The van der Waals surface area contributed by atoms with Gasteiger partial charge in [0.2, 0.25) is 0 Å². The predicted molar refractivity (Wildman–Crippen MR) is 107 cm³/mol. The SMILES string of the molecule is COCC[C@H]1CCCCN1C(=O)c1cc(Cn2c(C)nc3ccccc32)[nH]n1. The maximum atomic E-state index is 13.1. The summed E-state index contributed by atoms with van der Waals surface area (Å²) in [7, 11) is 1.71. The second kappa shape index (κ2) is 8.14. The molecule has 1 atom stereocenters. The van der Waals surface area contributed by atoms with Gasteiger partial charge in [-0.3, -0.25) is 9.89 Å². The van der Waals surface area contributed by atoms with Gasteiger partial charge >= 0.3 is 0 Å². The minimum Gasteiger partial charge on any atom is -0.385 e. The van der Waals surface area contributed by atoms with Gasteiger partial charge in [-0.1, -0.05) is 12.1 Å². The number of fused-ring (bicyclic) bond motifs is 1. The minimum atomic E-state index is 0.00974. The lowest BCUT2D eigenvalue weighted by molar-refractivity contribution is 0.0547. The van der Waals surface area contributed by atoms with Crippen molar-refractivity contribution in [2.75, 3.05) is 20.3 Å². The first-order valence-electron chi connectivity index (χ1n) is 9.93. The van der Waals surface area contributed by atoms with Crippen molar-refractivity contribution in [3.63, 3.8) is 0 Å². The van der Waals surface area contributed by atoms with E-state index in [0.29, 0.717) is 18.8 Å². The maximum absolute atomic E-state index is 13.1. The van der Waals surface area contributed by atoms with E-state index in [1.807, 2.05) is 36.1 Å². The Bertz CT molecular complexity index is 961. The molecule has 1 N–H and O–H groups in total. The number of hydrogen-bond acceptors (Lipinski definition) is 4. The summed E-state index contributed by atoms with van der Waals surface area (Å²) in [6.45, 7) is 4.07. The Kier molecular flexibility index (Phi) is 5.43. The Balaban J connectivity index is 1.52. The number of amides is 1. The number of benzene rings is 1. The number of methoxy groups -OCH3 is 1. The van der Waals surface area contributed by atoms with Crippen molar-refractivity contribution in [1.82, 2.24) is 24.6 Å². The van der Waals surface area contributed by atoms with Gasteiger partial charge in [-0.2, -0.15) is 5.10 Å². The van der Waals surface area contributed by atoms with E-state index in [-0.39, 0.29) is 11.9 Å². The Morgan fingerprint density at radius 3 is 3.04 bits per heavy atom. The summed E-state index contributed by atoms with van der Waals surface area (Å²) in [5.74, 6) is 0.954. The largest absolute Gasteiger partial charge is 0.385 e. The van der Waals surface area contributed by atoms with Crippen molar-refractivity contribution in [1.29, 1.82) is 0 Å². The number of piperidine rings is 1. The van der Waals surface area contributed by atoms with Gasteiger partial charge in [0.05, 0.1) is 23.3 Å². The summed E-state index contributed by atoms with van der Waals surface area (Å²) >= 11 is 0. The number of ether oxygens (including phenoxy) is 1. The number of aromatic nitrogens is 4. The van der Waals surface area contributed by atoms with E-state index in [4.69, 9.17) is 4.74 Å². The van der Waals surface area contributed by atoms with Crippen molar-refractivity contribution < 1.29 is 9.53 Å². The van der Waals surface area contributed by atoms with Crippen LogP contribution in [0.1, 0.15) is 47.7 Å². The third kappa shape index (κ3) is 3.67. The molecule has 2 aromatic heterocycles. The number of para-hydroxylation sites is 2. The molecule has 1 saturated heterocycles. The van der Waals surface area contributed by atoms with Crippen molar-refractivity contribution in [3.05, 3.63) is 47.5 Å². The molecule has 1 aromatic carbocycles. The second-order valence-corrected chi connectivity index (χ2v) is 7.44. The van der Waals surface area contributed by atoms with E-state index in [1.165, 1.54) is 0 Å². The maximum Gasteiger partial charge on any atom is 0.274 e. The number of aromatic amines is 1. The lowest BCUT2D eigenvalue weighted by Crippen LogP contribution is -2.44.